The molecule has 0 saturated carbocycles. The summed E-state index contributed by atoms with van der Waals surface area (Å²) in [6, 6.07) is 9.87. The molecule has 0 radical (unpaired) electrons. The largest absolute Gasteiger partial charge is 0.392 e. The van der Waals surface area contributed by atoms with Crippen molar-refractivity contribution in [1.82, 2.24) is 0 Å². The van der Waals surface area contributed by atoms with E-state index >= 15 is 0 Å². The second-order valence-electron chi connectivity index (χ2n) is 4.37. The first-order valence-electron chi connectivity index (χ1n) is 5.92. The molecule has 1 N–H and O–H groups in total. The molecule has 0 spiro atoms. The molecule has 4 heteroatoms. The van der Waals surface area contributed by atoms with E-state index in [0.29, 0.717) is 5.56 Å². The first-order valence-corrected chi connectivity index (χ1v) is 5.92. The van der Waals surface area contributed by atoms with Gasteiger partial charge < -0.3 is 5.11 Å². The molecular weight excluding hydrogens is 253 g/mol. The van der Waals surface area contributed by atoms with E-state index in [-0.39, 0.29) is 18.4 Å². The normalized spacial score (nSPS) is 12.4. The molecule has 2 aromatic rings. The maximum atomic E-state index is 13.4. The number of halogens is 3. The van der Waals surface area contributed by atoms with Crippen LogP contribution in [0.1, 0.15) is 11.1 Å². The van der Waals surface area contributed by atoms with Crippen LogP contribution in [0, 0.1) is 17.5 Å². The van der Waals surface area contributed by atoms with Crippen molar-refractivity contribution >= 4 is 0 Å². The standard InChI is InChI=1S/C15H13F3O/c16-13-6-2-1-4-10(13)8-12(19)9-11-5-3-7-14(17)15(11)18/h1-7,12,19H,8-9H2. The number of hydrogen-bond donors (Lipinski definition) is 1. The lowest BCUT2D eigenvalue weighted by Crippen LogP contribution is -2.16. The van der Waals surface area contributed by atoms with Gasteiger partial charge in [-0.1, -0.05) is 30.3 Å². The van der Waals surface area contributed by atoms with Gasteiger partial charge in [0.2, 0.25) is 0 Å². The monoisotopic (exact) mass is 266 g/mol. The van der Waals surface area contributed by atoms with Gasteiger partial charge in [-0.2, -0.15) is 0 Å². The number of rotatable bonds is 4. The summed E-state index contributed by atoms with van der Waals surface area (Å²) in [5, 5.41) is 9.84. The van der Waals surface area contributed by atoms with E-state index in [4.69, 9.17) is 0 Å². The third kappa shape index (κ3) is 3.35. The quantitative estimate of drug-likeness (QED) is 0.900. The average Bonchev–Trinajstić information content (AvgIpc) is 2.38. The van der Waals surface area contributed by atoms with Crippen LogP contribution in [0.15, 0.2) is 42.5 Å². The maximum absolute atomic E-state index is 13.4. The second-order valence-corrected chi connectivity index (χ2v) is 4.37. The fourth-order valence-electron chi connectivity index (χ4n) is 1.95. The fraction of sp³-hybridized carbons (Fsp3) is 0.200. The molecule has 0 fully saturated rings. The predicted octanol–water partition coefficient (Wildman–Crippen LogP) is 3.25. The Bertz CT molecular complexity index is 569. The SMILES string of the molecule is OC(Cc1ccccc1F)Cc1cccc(F)c1F. The molecule has 0 heterocycles. The fourth-order valence-corrected chi connectivity index (χ4v) is 1.95. The summed E-state index contributed by atoms with van der Waals surface area (Å²) in [5.74, 6) is -2.33. The zero-order valence-corrected chi connectivity index (χ0v) is 10.1. The Labute approximate surface area is 109 Å². The number of benzene rings is 2. The zero-order chi connectivity index (χ0) is 13.8. The number of aliphatic hydroxyl groups is 1. The first-order chi connectivity index (χ1) is 9.08. The molecule has 1 atom stereocenters. The van der Waals surface area contributed by atoms with Crippen LogP contribution in [0.2, 0.25) is 0 Å². The predicted molar refractivity (Wildman–Crippen MR) is 66.2 cm³/mol. The molecular formula is C15H13F3O. The van der Waals surface area contributed by atoms with Gasteiger partial charge in [-0.3, -0.25) is 0 Å². The van der Waals surface area contributed by atoms with Crippen molar-refractivity contribution in [3.63, 3.8) is 0 Å². The smallest absolute Gasteiger partial charge is 0.162 e. The van der Waals surface area contributed by atoms with Crippen LogP contribution in [0.4, 0.5) is 13.2 Å². The molecule has 0 saturated heterocycles. The van der Waals surface area contributed by atoms with Gasteiger partial charge in [-0.05, 0) is 23.3 Å². The van der Waals surface area contributed by atoms with E-state index in [1.165, 1.54) is 18.2 Å². The highest BCUT2D eigenvalue weighted by atomic mass is 19.2. The minimum atomic E-state index is -0.965. The van der Waals surface area contributed by atoms with Crippen LogP contribution in [0.5, 0.6) is 0 Å². The highest BCUT2D eigenvalue weighted by Crippen LogP contribution is 2.16. The molecule has 19 heavy (non-hydrogen) atoms. The van der Waals surface area contributed by atoms with E-state index in [1.54, 1.807) is 18.2 Å². The molecule has 0 aliphatic carbocycles. The summed E-state index contributed by atoms with van der Waals surface area (Å²) in [4.78, 5) is 0. The molecule has 0 aliphatic heterocycles. The Morgan fingerprint density at radius 1 is 0.789 bits per heavy atom. The highest BCUT2D eigenvalue weighted by Gasteiger charge is 2.14. The average molecular weight is 266 g/mol. The van der Waals surface area contributed by atoms with E-state index in [1.807, 2.05) is 0 Å². The molecule has 2 rings (SSSR count). The van der Waals surface area contributed by atoms with Crippen LogP contribution >= 0.6 is 0 Å². The van der Waals surface area contributed by atoms with Crippen molar-refractivity contribution in [2.24, 2.45) is 0 Å². The van der Waals surface area contributed by atoms with Crippen molar-refractivity contribution in [1.29, 1.82) is 0 Å². The van der Waals surface area contributed by atoms with Crippen molar-refractivity contribution in [3.05, 3.63) is 71.0 Å². The molecule has 0 aromatic heterocycles. The van der Waals surface area contributed by atoms with Crippen LogP contribution in [0.25, 0.3) is 0 Å². The molecule has 0 aliphatic rings. The summed E-state index contributed by atoms with van der Waals surface area (Å²) in [7, 11) is 0. The van der Waals surface area contributed by atoms with Crippen LogP contribution in [-0.2, 0) is 12.8 Å². The van der Waals surface area contributed by atoms with E-state index < -0.39 is 23.6 Å². The van der Waals surface area contributed by atoms with Gasteiger partial charge in [0, 0.05) is 12.8 Å². The van der Waals surface area contributed by atoms with Gasteiger partial charge in [-0.25, -0.2) is 13.2 Å². The third-order valence-electron chi connectivity index (χ3n) is 2.90. The Morgan fingerprint density at radius 3 is 2.11 bits per heavy atom. The molecule has 100 valence electrons. The van der Waals surface area contributed by atoms with Crippen molar-refractivity contribution in [2.75, 3.05) is 0 Å². The van der Waals surface area contributed by atoms with E-state index in [2.05, 4.69) is 0 Å². The molecule has 0 amide bonds. The van der Waals surface area contributed by atoms with E-state index in [9.17, 15) is 18.3 Å². The van der Waals surface area contributed by atoms with Gasteiger partial charge in [0.05, 0.1) is 6.10 Å². The lowest BCUT2D eigenvalue weighted by atomic mass is 10.0. The zero-order valence-electron chi connectivity index (χ0n) is 10.1. The summed E-state index contributed by atoms with van der Waals surface area (Å²) < 4.78 is 39.8. The number of aliphatic hydroxyl groups excluding tert-OH is 1. The topological polar surface area (TPSA) is 20.2 Å². The third-order valence-corrected chi connectivity index (χ3v) is 2.90. The lowest BCUT2D eigenvalue weighted by molar-refractivity contribution is 0.172. The Morgan fingerprint density at radius 2 is 1.37 bits per heavy atom. The summed E-state index contributed by atoms with van der Waals surface area (Å²) >= 11 is 0. The second kappa shape index (κ2) is 5.89. The van der Waals surface area contributed by atoms with Crippen molar-refractivity contribution < 1.29 is 18.3 Å². The summed E-state index contributed by atoms with van der Waals surface area (Å²) in [5.41, 5.74) is 0.440. The van der Waals surface area contributed by atoms with Gasteiger partial charge >= 0.3 is 0 Å². The lowest BCUT2D eigenvalue weighted by Gasteiger charge is -2.12. The van der Waals surface area contributed by atoms with E-state index in [0.717, 1.165) is 6.07 Å². The van der Waals surface area contributed by atoms with Crippen LogP contribution in [0.3, 0.4) is 0 Å². The molecule has 2 aromatic carbocycles. The molecule has 0 bridgehead atoms. The van der Waals surface area contributed by atoms with Gasteiger partial charge in [0.25, 0.3) is 0 Å². The van der Waals surface area contributed by atoms with Gasteiger partial charge in [0.15, 0.2) is 11.6 Å². The highest BCUT2D eigenvalue weighted by molar-refractivity contribution is 5.22. The van der Waals surface area contributed by atoms with Crippen LogP contribution < -0.4 is 0 Å². The minimum absolute atomic E-state index is 0.0576. The summed E-state index contributed by atoms with van der Waals surface area (Å²) in [6.07, 6.45) is -0.964. The Balaban J connectivity index is 2.08. The van der Waals surface area contributed by atoms with Gasteiger partial charge in [-0.15, -0.1) is 0 Å². The molecule has 1 nitrogen and oxygen atoms in total. The van der Waals surface area contributed by atoms with Crippen molar-refractivity contribution in [3.8, 4) is 0 Å². The van der Waals surface area contributed by atoms with Crippen LogP contribution in [-0.4, -0.2) is 11.2 Å². The van der Waals surface area contributed by atoms with Gasteiger partial charge in [0.1, 0.15) is 5.82 Å². The minimum Gasteiger partial charge on any atom is -0.392 e. The Kier molecular flexibility index (Phi) is 4.22. The Hall–Kier alpha value is -1.81. The van der Waals surface area contributed by atoms with Crippen molar-refractivity contribution in [2.45, 2.75) is 18.9 Å². The summed E-state index contributed by atoms with van der Waals surface area (Å²) in [6.45, 7) is 0. The maximum Gasteiger partial charge on any atom is 0.162 e. The first kappa shape index (κ1) is 13.6. The molecule has 1 unspecified atom stereocenters. The number of hydrogen-bond acceptors (Lipinski definition) is 1.